The van der Waals surface area contributed by atoms with E-state index in [0.717, 1.165) is 25.8 Å². The number of ether oxygens (including phenoxy) is 2. The molecule has 2 atom stereocenters. The summed E-state index contributed by atoms with van der Waals surface area (Å²) in [4.78, 5) is 26.6. The monoisotopic (exact) mass is 605 g/mol. The number of amides is 2. The molecule has 2 saturated heterocycles. The summed E-state index contributed by atoms with van der Waals surface area (Å²) in [6, 6.07) is 2.16. The second-order valence-electron chi connectivity index (χ2n) is 12.5. The fraction of sp³-hybridized carbons (Fsp3) is 0.815. The van der Waals surface area contributed by atoms with Crippen LogP contribution >= 0.6 is 0 Å². The van der Waals surface area contributed by atoms with Gasteiger partial charge in [-0.3, -0.25) is 0 Å². The molecular formula is C27H47N11O5. The van der Waals surface area contributed by atoms with Crippen LogP contribution < -0.4 is 0 Å². The Morgan fingerprint density at radius 3 is 1.67 bits per heavy atom. The minimum atomic E-state index is -0.457. The number of likely N-dealkylation sites (tertiary alicyclic amines) is 2. The van der Waals surface area contributed by atoms with Crippen LogP contribution in [0.4, 0.5) is 9.59 Å². The first kappa shape index (κ1) is 35.3. The highest BCUT2D eigenvalue weighted by atomic mass is 16.6. The molecule has 240 valence electrons. The van der Waals surface area contributed by atoms with Gasteiger partial charge in [-0.1, -0.05) is 23.3 Å². The number of tetrazole rings is 2. The van der Waals surface area contributed by atoms with Crippen LogP contribution in [0, 0.1) is 17.2 Å². The molecule has 2 aromatic rings. The van der Waals surface area contributed by atoms with E-state index in [9.17, 15) is 9.59 Å². The molecule has 2 aromatic heterocycles. The molecule has 2 aliphatic heterocycles. The Balaban J connectivity index is 0.000000225. The average Bonchev–Trinajstić information content (AvgIpc) is 3.77. The molecule has 3 N–H and O–H groups in total. The van der Waals surface area contributed by atoms with Gasteiger partial charge in [0.2, 0.25) is 0 Å². The van der Waals surface area contributed by atoms with Crippen molar-refractivity contribution in [3.8, 4) is 6.07 Å². The smallest absolute Gasteiger partial charge is 0.410 e. The number of nitriles is 1. The van der Waals surface area contributed by atoms with Crippen LogP contribution in [0.25, 0.3) is 0 Å². The number of nitrogens with one attached hydrogen (secondary N) is 2. The van der Waals surface area contributed by atoms with Gasteiger partial charge in [0, 0.05) is 45.1 Å². The Kier molecular flexibility index (Phi) is 13.7. The molecule has 43 heavy (non-hydrogen) atoms. The van der Waals surface area contributed by atoms with Gasteiger partial charge in [-0.15, -0.1) is 20.4 Å². The number of aliphatic hydroxyl groups is 1. The van der Waals surface area contributed by atoms with Crippen LogP contribution in [0.15, 0.2) is 0 Å². The average molecular weight is 606 g/mol. The quantitative estimate of drug-likeness (QED) is 0.450. The van der Waals surface area contributed by atoms with Crippen molar-refractivity contribution < 1.29 is 24.2 Å². The van der Waals surface area contributed by atoms with E-state index < -0.39 is 11.2 Å². The molecule has 3 aliphatic rings. The first-order valence-corrected chi connectivity index (χ1v) is 14.6. The first-order chi connectivity index (χ1) is 20.3. The van der Waals surface area contributed by atoms with Gasteiger partial charge in [0.15, 0.2) is 11.6 Å². The maximum Gasteiger partial charge on any atom is 0.410 e. The Labute approximate surface area is 252 Å². The molecule has 0 spiro atoms. The maximum atomic E-state index is 11.8. The van der Waals surface area contributed by atoms with Crippen molar-refractivity contribution in [2.75, 3.05) is 33.3 Å². The zero-order valence-electron chi connectivity index (χ0n) is 26.4. The number of carbonyl (C=O) groups excluding carboxylic acids is 2. The number of aromatic nitrogens is 8. The number of nitrogens with zero attached hydrogens (tertiary/aromatic N) is 9. The summed E-state index contributed by atoms with van der Waals surface area (Å²) in [5.41, 5.74) is -0.914. The van der Waals surface area contributed by atoms with E-state index in [4.69, 9.17) is 19.8 Å². The van der Waals surface area contributed by atoms with E-state index in [1.807, 2.05) is 41.5 Å². The summed E-state index contributed by atoms with van der Waals surface area (Å²) in [5, 5.41) is 43.4. The summed E-state index contributed by atoms with van der Waals surface area (Å²) in [6.07, 6.45) is 6.13. The summed E-state index contributed by atoms with van der Waals surface area (Å²) in [6.45, 7) is 13.5. The molecule has 2 amide bonds. The zero-order valence-corrected chi connectivity index (χ0v) is 26.4. The van der Waals surface area contributed by atoms with Gasteiger partial charge < -0.3 is 24.4 Å². The van der Waals surface area contributed by atoms with Crippen molar-refractivity contribution in [2.45, 2.75) is 103 Å². The third kappa shape index (κ3) is 12.5. The Bertz CT molecular complexity index is 1120. The number of carbonyl (C=O) groups is 2. The highest BCUT2D eigenvalue weighted by Crippen LogP contribution is 2.31. The number of rotatable bonds is 2. The standard InChI is InChI=1S/C10H17N5O2.C10H16N2O2.C6H10N4.CH4O/c1-10(2,3)17-9(16)15-5-4-7(6-15)8-11-13-14-12-8;1-10(2,3)14-9(13)12-5-4-8(6-11)7-12;1-2-4-5(3-1)6-7-9-10-8-6;1-2/h7H,4-6H2,1-3H3,(H,11,12,13,14);8H,4-5,7H2,1-3H3;5H,1-4H2,(H,7,8,9,10);2H,1H3/t7-;8-;;/m10../s1. The summed E-state index contributed by atoms with van der Waals surface area (Å²) in [5.74, 6) is 2.27. The molecule has 3 fully saturated rings. The first-order valence-electron chi connectivity index (χ1n) is 14.6. The van der Waals surface area contributed by atoms with Crippen LogP contribution in [0.2, 0.25) is 0 Å². The molecular weight excluding hydrogens is 558 g/mol. The molecule has 1 saturated carbocycles. The lowest BCUT2D eigenvalue weighted by Crippen LogP contribution is -2.35. The normalized spacial score (nSPS) is 20.1. The van der Waals surface area contributed by atoms with Crippen LogP contribution in [-0.4, -0.2) is 113 Å². The lowest BCUT2D eigenvalue weighted by molar-refractivity contribution is 0.0281. The van der Waals surface area contributed by atoms with E-state index in [0.29, 0.717) is 37.9 Å². The van der Waals surface area contributed by atoms with E-state index in [2.05, 4.69) is 47.3 Å². The van der Waals surface area contributed by atoms with Gasteiger partial charge in [-0.25, -0.2) is 9.59 Å². The number of hydrogen-bond donors (Lipinski definition) is 3. The SMILES string of the molecule is C1CCC(c2nn[nH]n2)C1.CC(C)(C)OC(=O)N1CC[C@@H](C#N)C1.CC(C)(C)OC(=O)N1CC[C@@H](c2nn[nH]n2)C1.CO. The van der Waals surface area contributed by atoms with Crippen molar-refractivity contribution in [3.05, 3.63) is 11.6 Å². The Morgan fingerprint density at radius 2 is 1.26 bits per heavy atom. The highest BCUT2D eigenvalue weighted by Gasteiger charge is 2.32. The van der Waals surface area contributed by atoms with Gasteiger partial charge in [0.25, 0.3) is 0 Å². The molecule has 4 heterocycles. The highest BCUT2D eigenvalue weighted by molar-refractivity contribution is 5.69. The van der Waals surface area contributed by atoms with Gasteiger partial charge in [-0.2, -0.15) is 15.7 Å². The Morgan fingerprint density at radius 1 is 0.791 bits per heavy atom. The summed E-state index contributed by atoms with van der Waals surface area (Å²) >= 11 is 0. The topological polar surface area (TPSA) is 212 Å². The van der Waals surface area contributed by atoms with Crippen molar-refractivity contribution in [1.29, 1.82) is 5.26 Å². The summed E-state index contributed by atoms with van der Waals surface area (Å²) in [7, 11) is 1.00. The molecule has 16 heteroatoms. The number of aromatic amines is 2. The third-order valence-corrected chi connectivity index (χ3v) is 6.67. The van der Waals surface area contributed by atoms with E-state index >= 15 is 0 Å². The van der Waals surface area contributed by atoms with Gasteiger partial charge in [-0.05, 0) is 67.2 Å². The number of hydrogen-bond acceptors (Lipinski definition) is 12. The molecule has 5 rings (SSSR count). The largest absolute Gasteiger partial charge is 0.444 e. The second-order valence-corrected chi connectivity index (χ2v) is 12.5. The lowest BCUT2D eigenvalue weighted by atomic mass is 10.1. The van der Waals surface area contributed by atoms with E-state index in [1.54, 1.807) is 9.80 Å². The zero-order chi connectivity index (χ0) is 32.0. The van der Waals surface area contributed by atoms with Crippen LogP contribution in [0.3, 0.4) is 0 Å². The molecule has 0 aromatic carbocycles. The summed E-state index contributed by atoms with van der Waals surface area (Å²) < 4.78 is 10.5. The maximum absolute atomic E-state index is 11.8. The van der Waals surface area contributed by atoms with Crippen LogP contribution in [-0.2, 0) is 9.47 Å². The van der Waals surface area contributed by atoms with Crippen molar-refractivity contribution in [1.82, 2.24) is 51.0 Å². The molecule has 0 radical (unpaired) electrons. The van der Waals surface area contributed by atoms with Gasteiger partial charge >= 0.3 is 12.2 Å². The minimum absolute atomic E-state index is 0.0254. The third-order valence-electron chi connectivity index (χ3n) is 6.67. The van der Waals surface area contributed by atoms with Gasteiger partial charge in [0.05, 0.1) is 12.0 Å². The molecule has 1 aliphatic carbocycles. The lowest BCUT2D eigenvalue weighted by Gasteiger charge is -2.24. The fourth-order valence-electron chi connectivity index (χ4n) is 4.69. The van der Waals surface area contributed by atoms with E-state index in [-0.39, 0.29) is 24.0 Å². The predicted molar refractivity (Wildman–Crippen MR) is 154 cm³/mol. The molecule has 0 unspecified atom stereocenters. The molecule has 0 bridgehead atoms. The van der Waals surface area contributed by atoms with E-state index in [1.165, 1.54) is 25.7 Å². The molecule has 16 nitrogen and oxygen atoms in total. The number of aliphatic hydroxyl groups excluding tert-OH is 1. The number of H-pyrrole nitrogens is 2. The Hall–Kier alpha value is -3.87. The van der Waals surface area contributed by atoms with Crippen LogP contribution in [0.5, 0.6) is 0 Å². The van der Waals surface area contributed by atoms with Crippen molar-refractivity contribution >= 4 is 12.2 Å². The fourth-order valence-corrected chi connectivity index (χ4v) is 4.69. The van der Waals surface area contributed by atoms with Crippen LogP contribution in [0.1, 0.15) is 104 Å². The van der Waals surface area contributed by atoms with Crippen molar-refractivity contribution in [2.24, 2.45) is 5.92 Å². The second kappa shape index (κ2) is 16.7. The predicted octanol–water partition coefficient (Wildman–Crippen LogP) is 3.16. The van der Waals surface area contributed by atoms with Gasteiger partial charge in [0.1, 0.15) is 11.2 Å². The minimum Gasteiger partial charge on any atom is -0.444 e. The van der Waals surface area contributed by atoms with Crippen molar-refractivity contribution in [3.63, 3.8) is 0 Å².